The Kier molecular flexibility index (Phi) is 3.47. The number of imidazole rings is 1. The molecule has 0 atom stereocenters. The Balaban J connectivity index is 1.69. The van der Waals surface area contributed by atoms with Crippen LogP contribution in [0.25, 0.3) is 11.0 Å². The smallest absolute Gasteiger partial charge is 0.240 e. The molecule has 0 spiro atoms. The lowest BCUT2D eigenvalue weighted by molar-refractivity contribution is 0.334. The summed E-state index contributed by atoms with van der Waals surface area (Å²) >= 11 is 0. The number of aromatic nitrogens is 4. The highest BCUT2D eigenvalue weighted by molar-refractivity contribution is 5.74. The lowest BCUT2D eigenvalue weighted by atomic mass is 10.1. The molecular formula is C15H19N5O. The molecule has 0 unspecified atom stereocenters. The van der Waals surface area contributed by atoms with E-state index in [9.17, 15) is 0 Å². The molecule has 21 heavy (non-hydrogen) atoms. The van der Waals surface area contributed by atoms with Crippen molar-refractivity contribution in [2.24, 2.45) is 0 Å². The number of hydrogen-bond acceptors (Lipinski definition) is 5. The second-order valence-corrected chi connectivity index (χ2v) is 6.09. The summed E-state index contributed by atoms with van der Waals surface area (Å²) in [5, 5.41) is 7.31. The maximum Gasteiger partial charge on any atom is 0.240 e. The first-order valence-electron chi connectivity index (χ1n) is 7.00. The van der Waals surface area contributed by atoms with Gasteiger partial charge in [-0.25, -0.2) is 4.98 Å². The molecule has 0 saturated heterocycles. The molecule has 6 heteroatoms. The van der Waals surface area contributed by atoms with Crippen molar-refractivity contribution in [2.45, 2.75) is 39.3 Å². The summed E-state index contributed by atoms with van der Waals surface area (Å²) in [7, 11) is 0. The van der Waals surface area contributed by atoms with Crippen LogP contribution in [0, 0.1) is 0 Å². The number of nitrogens with zero attached hydrogens (tertiary/aromatic N) is 3. The van der Waals surface area contributed by atoms with Crippen molar-refractivity contribution in [3.05, 3.63) is 41.8 Å². The van der Waals surface area contributed by atoms with E-state index in [-0.39, 0.29) is 5.54 Å². The van der Waals surface area contributed by atoms with E-state index in [1.807, 2.05) is 24.3 Å². The highest BCUT2D eigenvalue weighted by Gasteiger charge is 2.13. The lowest BCUT2D eigenvalue weighted by Crippen LogP contribution is -2.35. The minimum Gasteiger partial charge on any atom is -0.342 e. The summed E-state index contributed by atoms with van der Waals surface area (Å²) in [6, 6.07) is 7.93. The molecule has 0 radical (unpaired) electrons. The molecule has 2 heterocycles. The third kappa shape index (κ3) is 3.46. The summed E-state index contributed by atoms with van der Waals surface area (Å²) in [4.78, 5) is 12.1. The maximum atomic E-state index is 5.24. The number of hydrogen-bond donors (Lipinski definition) is 2. The number of aromatic amines is 1. The molecule has 1 aromatic carbocycles. The van der Waals surface area contributed by atoms with Crippen molar-refractivity contribution < 1.29 is 4.52 Å². The summed E-state index contributed by atoms with van der Waals surface area (Å²) in [5.41, 5.74) is 1.99. The minimum absolute atomic E-state index is 0.0212. The van der Waals surface area contributed by atoms with Gasteiger partial charge >= 0.3 is 0 Å². The second kappa shape index (κ2) is 5.29. The first-order chi connectivity index (χ1) is 9.99. The Morgan fingerprint density at radius 3 is 2.76 bits per heavy atom. The zero-order valence-electron chi connectivity index (χ0n) is 12.5. The summed E-state index contributed by atoms with van der Waals surface area (Å²) in [6.07, 6.45) is 0.535. The zero-order chi connectivity index (χ0) is 14.9. The Hall–Kier alpha value is -2.21. The van der Waals surface area contributed by atoms with Crippen molar-refractivity contribution in [1.82, 2.24) is 25.4 Å². The average Bonchev–Trinajstić information content (AvgIpc) is 3.01. The molecule has 2 N–H and O–H groups in total. The van der Waals surface area contributed by atoms with Gasteiger partial charge in [-0.05, 0) is 32.9 Å². The number of fused-ring (bicyclic) bond motifs is 1. The molecule has 6 nitrogen and oxygen atoms in total. The molecule has 0 aliphatic carbocycles. The fraction of sp³-hybridized carbons (Fsp3) is 0.400. The van der Waals surface area contributed by atoms with Crippen LogP contribution in [0.15, 0.2) is 28.8 Å². The normalized spacial score (nSPS) is 12.1. The molecule has 0 fully saturated rings. The van der Waals surface area contributed by atoms with E-state index in [2.05, 4.69) is 46.2 Å². The molecule has 3 rings (SSSR count). The van der Waals surface area contributed by atoms with E-state index in [0.717, 1.165) is 16.9 Å². The molecular weight excluding hydrogens is 266 g/mol. The van der Waals surface area contributed by atoms with E-state index < -0.39 is 0 Å². The summed E-state index contributed by atoms with van der Waals surface area (Å²) in [6.45, 7) is 6.85. The first-order valence-corrected chi connectivity index (χ1v) is 7.00. The molecule has 0 bridgehead atoms. The third-order valence-corrected chi connectivity index (χ3v) is 3.04. The van der Waals surface area contributed by atoms with Gasteiger partial charge in [-0.15, -0.1) is 0 Å². The van der Waals surface area contributed by atoms with Crippen LogP contribution in [-0.4, -0.2) is 25.6 Å². The van der Waals surface area contributed by atoms with Crippen molar-refractivity contribution in [2.75, 3.05) is 0 Å². The zero-order valence-corrected chi connectivity index (χ0v) is 12.5. The Bertz CT molecular complexity index is 705. The summed E-state index contributed by atoms with van der Waals surface area (Å²) < 4.78 is 5.24. The Morgan fingerprint density at radius 1 is 1.19 bits per heavy atom. The van der Waals surface area contributed by atoms with Gasteiger partial charge in [0, 0.05) is 5.54 Å². The maximum absolute atomic E-state index is 5.24. The SMILES string of the molecule is CC(C)(C)NCc1nc(Cc2nc3ccccc3[nH]2)no1. The van der Waals surface area contributed by atoms with Crippen molar-refractivity contribution in [1.29, 1.82) is 0 Å². The van der Waals surface area contributed by atoms with Gasteiger partial charge in [-0.2, -0.15) is 4.98 Å². The van der Waals surface area contributed by atoms with Gasteiger partial charge in [0.2, 0.25) is 5.89 Å². The van der Waals surface area contributed by atoms with E-state index in [0.29, 0.717) is 24.7 Å². The predicted octanol–water partition coefficient (Wildman–Crippen LogP) is 2.42. The van der Waals surface area contributed by atoms with Gasteiger partial charge in [0.15, 0.2) is 5.82 Å². The van der Waals surface area contributed by atoms with Gasteiger partial charge in [0.25, 0.3) is 0 Å². The Labute approximate surface area is 123 Å². The van der Waals surface area contributed by atoms with E-state index in [4.69, 9.17) is 4.52 Å². The number of nitrogens with one attached hydrogen (secondary N) is 2. The standard InChI is InChI=1S/C15H19N5O/c1-15(2,3)16-9-14-19-13(20-21-14)8-12-17-10-6-4-5-7-11(10)18-12/h4-7,16H,8-9H2,1-3H3,(H,17,18). The van der Waals surface area contributed by atoms with Crippen LogP contribution in [0.2, 0.25) is 0 Å². The molecule has 0 aliphatic rings. The van der Waals surface area contributed by atoms with E-state index in [1.165, 1.54) is 0 Å². The topological polar surface area (TPSA) is 79.6 Å². The number of H-pyrrole nitrogens is 1. The van der Waals surface area contributed by atoms with Gasteiger partial charge < -0.3 is 14.8 Å². The van der Waals surface area contributed by atoms with Crippen LogP contribution in [0.4, 0.5) is 0 Å². The molecule has 0 aliphatic heterocycles. The quantitative estimate of drug-likeness (QED) is 0.769. The van der Waals surface area contributed by atoms with Gasteiger partial charge in [-0.3, -0.25) is 0 Å². The lowest BCUT2D eigenvalue weighted by Gasteiger charge is -2.18. The van der Waals surface area contributed by atoms with Crippen LogP contribution in [-0.2, 0) is 13.0 Å². The molecule has 0 amide bonds. The van der Waals surface area contributed by atoms with Crippen LogP contribution in [0.1, 0.15) is 38.3 Å². The minimum atomic E-state index is 0.0212. The van der Waals surface area contributed by atoms with Crippen molar-refractivity contribution >= 4 is 11.0 Å². The largest absolute Gasteiger partial charge is 0.342 e. The van der Waals surface area contributed by atoms with Crippen molar-refractivity contribution in [3.8, 4) is 0 Å². The highest BCUT2D eigenvalue weighted by Crippen LogP contribution is 2.12. The molecule has 0 saturated carbocycles. The van der Waals surface area contributed by atoms with Crippen LogP contribution in [0.5, 0.6) is 0 Å². The van der Waals surface area contributed by atoms with Crippen LogP contribution < -0.4 is 5.32 Å². The van der Waals surface area contributed by atoms with Gasteiger partial charge in [0.05, 0.1) is 24.0 Å². The predicted molar refractivity (Wildman–Crippen MR) is 79.8 cm³/mol. The number of rotatable bonds is 4. The fourth-order valence-corrected chi connectivity index (χ4v) is 2.01. The second-order valence-electron chi connectivity index (χ2n) is 6.09. The first kappa shape index (κ1) is 13.8. The van der Waals surface area contributed by atoms with Gasteiger partial charge in [0.1, 0.15) is 5.82 Å². The van der Waals surface area contributed by atoms with Crippen LogP contribution in [0.3, 0.4) is 0 Å². The number of para-hydroxylation sites is 2. The van der Waals surface area contributed by atoms with Crippen LogP contribution >= 0.6 is 0 Å². The Morgan fingerprint density at radius 2 is 2.00 bits per heavy atom. The van der Waals surface area contributed by atoms with Crippen molar-refractivity contribution in [3.63, 3.8) is 0 Å². The third-order valence-electron chi connectivity index (χ3n) is 3.04. The molecule has 3 aromatic rings. The fourth-order valence-electron chi connectivity index (χ4n) is 2.01. The van der Waals surface area contributed by atoms with Gasteiger partial charge in [-0.1, -0.05) is 17.3 Å². The average molecular weight is 285 g/mol. The monoisotopic (exact) mass is 285 g/mol. The number of benzene rings is 1. The molecule has 110 valence electrons. The van der Waals surface area contributed by atoms with E-state index >= 15 is 0 Å². The van der Waals surface area contributed by atoms with E-state index in [1.54, 1.807) is 0 Å². The summed E-state index contributed by atoms with van der Waals surface area (Å²) in [5.74, 6) is 2.07. The highest BCUT2D eigenvalue weighted by atomic mass is 16.5. The molecule has 2 aromatic heterocycles.